The van der Waals surface area contributed by atoms with E-state index in [2.05, 4.69) is 11.8 Å². The summed E-state index contributed by atoms with van der Waals surface area (Å²) in [6.07, 6.45) is 10.0. The monoisotopic (exact) mass is 198 g/mol. The molecule has 0 aliphatic rings. The summed E-state index contributed by atoms with van der Waals surface area (Å²) in [5.41, 5.74) is 0. The molecule has 72 valence electrons. The van der Waals surface area contributed by atoms with Crippen LogP contribution >= 0.6 is 11.8 Å². The molecule has 0 fully saturated rings. The molecular weight excluding hydrogens is 184 g/mol. The van der Waals surface area contributed by atoms with Gasteiger partial charge in [-0.1, -0.05) is 11.8 Å². The van der Waals surface area contributed by atoms with Gasteiger partial charge in [-0.2, -0.15) is 11.8 Å². The van der Waals surface area contributed by atoms with Gasteiger partial charge in [0.15, 0.2) is 0 Å². The summed E-state index contributed by atoms with van der Waals surface area (Å²) in [7, 11) is 0. The van der Waals surface area contributed by atoms with Gasteiger partial charge in [-0.25, -0.2) is 0 Å². The molecule has 0 N–H and O–H groups in total. The summed E-state index contributed by atoms with van der Waals surface area (Å²) in [6, 6.07) is 0. The van der Waals surface area contributed by atoms with Crippen molar-refractivity contribution in [3.63, 3.8) is 0 Å². The molecule has 0 amide bonds. The topological polar surface area (TPSA) is 18.5 Å². The average Bonchev–Trinajstić information content (AvgIpc) is 2.16. The minimum absolute atomic E-state index is 0.397. The minimum Gasteiger partial charge on any atom is -0.368 e. The Morgan fingerprint density at radius 3 is 1.77 bits per heavy atom. The van der Waals surface area contributed by atoms with Crippen LogP contribution in [0.5, 0.6) is 0 Å². The van der Waals surface area contributed by atoms with E-state index < -0.39 is 0 Å². The molecule has 0 unspecified atom stereocenters. The van der Waals surface area contributed by atoms with Gasteiger partial charge in [0.2, 0.25) is 0 Å². The molecule has 0 aromatic carbocycles. The maximum atomic E-state index is 5.08. The second kappa shape index (κ2) is 11.4. The number of hydrogen-bond donors (Lipinski definition) is 0. The van der Waals surface area contributed by atoms with Gasteiger partial charge in [-0.05, 0) is 0 Å². The first-order valence-corrected chi connectivity index (χ1v) is 5.17. The van der Waals surface area contributed by atoms with Crippen LogP contribution in [-0.2, 0) is 9.47 Å². The highest BCUT2D eigenvalue weighted by atomic mass is 32.2. The molecule has 13 heavy (non-hydrogen) atoms. The number of hydrogen-bond acceptors (Lipinski definition) is 3. The lowest BCUT2D eigenvalue weighted by Crippen LogP contribution is -2.01. The van der Waals surface area contributed by atoms with Crippen molar-refractivity contribution < 1.29 is 9.47 Å². The number of thioether (sulfide) groups is 1. The number of ether oxygens (including phenoxy) is 2. The van der Waals surface area contributed by atoms with Crippen molar-refractivity contribution in [2.24, 2.45) is 0 Å². The van der Waals surface area contributed by atoms with Crippen LogP contribution in [0.4, 0.5) is 0 Å². The summed E-state index contributed by atoms with van der Waals surface area (Å²) in [5.74, 6) is 6.71. The standard InChI is InChI=1S/C10H14O2S/c1-3-5-11-7-9-13-10-8-12-6-4-2/h1-2H,5-10H2. The van der Waals surface area contributed by atoms with E-state index in [4.69, 9.17) is 22.3 Å². The van der Waals surface area contributed by atoms with Gasteiger partial charge >= 0.3 is 0 Å². The van der Waals surface area contributed by atoms with Crippen molar-refractivity contribution in [1.82, 2.24) is 0 Å². The molecule has 0 aromatic rings. The summed E-state index contributed by atoms with van der Waals surface area (Å²) >= 11 is 1.77. The maximum absolute atomic E-state index is 5.08. The molecule has 0 atom stereocenters. The van der Waals surface area contributed by atoms with Crippen molar-refractivity contribution in [2.45, 2.75) is 0 Å². The Morgan fingerprint density at radius 1 is 0.923 bits per heavy atom. The highest BCUT2D eigenvalue weighted by Gasteiger charge is 1.89. The Morgan fingerprint density at radius 2 is 1.38 bits per heavy atom. The first-order chi connectivity index (χ1) is 6.41. The molecule has 0 heterocycles. The lowest BCUT2D eigenvalue weighted by Gasteiger charge is -2.01. The molecule has 0 aliphatic heterocycles. The van der Waals surface area contributed by atoms with Crippen LogP contribution in [0.15, 0.2) is 0 Å². The predicted octanol–water partition coefficient (Wildman–Crippen LogP) is 1.02. The van der Waals surface area contributed by atoms with Gasteiger partial charge in [0.1, 0.15) is 13.2 Å². The average molecular weight is 198 g/mol. The fourth-order valence-electron chi connectivity index (χ4n) is 0.600. The van der Waals surface area contributed by atoms with E-state index in [0.29, 0.717) is 26.4 Å². The Hall–Kier alpha value is -0.610. The lowest BCUT2D eigenvalue weighted by molar-refractivity contribution is 0.182. The van der Waals surface area contributed by atoms with E-state index in [1.165, 1.54) is 0 Å². The fourth-order valence-corrected chi connectivity index (χ4v) is 1.28. The zero-order valence-corrected chi connectivity index (χ0v) is 8.44. The van der Waals surface area contributed by atoms with Crippen LogP contribution in [0.3, 0.4) is 0 Å². The third kappa shape index (κ3) is 11.4. The second-order valence-corrected chi connectivity index (χ2v) is 3.35. The highest BCUT2D eigenvalue weighted by Crippen LogP contribution is 1.98. The van der Waals surface area contributed by atoms with Crippen LogP contribution in [0, 0.1) is 24.7 Å². The van der Waals surface area contributed by atoms with E-state index in [-0.39, 0.29) is 0 Å². The molecule has 0 saturated heterocycles. The van der Waals surface area contributed by atoms with Crippen molar-refractivity contribution in [3.05, 3.63) is 0 Å². The van der Waals surface area contributed by atoms with E-state index in [1.54, 1.807) is 11.8 Å². The largest absolute Gasteiger partial charge is 0.368 e. The third-order valence-corrected chi connectivity index (χ3v) is 2.03. The van der Waals surface area contributed by atoms with Crippen molar-refractivity contribution in [2.75, 3.05) is 37.9 Å². The van der Waals surface area contributed by atoms with Gasteiger partial charge in [0.05, 0.1) is 13.2 Å². The first kappa shape index (κ1) is 12.4. The number of terminal acetylenes is 2. The normalized spacial score (nSPS) is 9.08. The maximum Gasteiger partial charge on any atom is 0.107 e. The Labute approximate surface area is 84.4 Å². The summed E-state index contributed by atoms with van der Waals surface area (Å²) in [5, 5.41) is 0. The second-order valence-electron chi connectivity index (χ2n) is 2.13. The summed E-state index contributed by atoms with van der Waals surface area (Å²) in [4.78, 5) is 0. The molecule has 0 rings (SSSR count). The molecule has 0 saturated carbocycles. The summed E-state index contributed by atoms with van der Waals surface area (Å²) in [6.45, 7) is 2.19. The summed E-state index contributed by atoms with van der Waals surface area (Å²) < 4.78 is 10.2. The predicted molar refractivity (Wildman–Crippen MR) is 56.6 cm³/mol. The third-order valence-electron chi connectivity index (χ3n) is 1.11. The van der Waals surface area contributed by atoms with Crippen molar-refractivity contribution in [1.29, 1.82) is 0 Å². The lowest BCUT2D eigenvalue weighted by atomic mass is 10.7. The van der Waals surface area contributed by atoms with Crippen molar-refractivity contribution >= 4 is 11.8 Å². The molecular formula is C10H14O2S. The van der Waals surface area contributed by atoms with E-state index in [9.17, 15) is 0 Å². The first-order valence-electron chi connectivity index (χ1n) is 4.02. The minimum atomic E-state index is 0.397. The quantitative estimate of drug-likeness (QED) is 0.428. The molecule has 0 aromatic heterocycles. The van der Waals surface area contributed by atoms with Crippen LogP contribution in [0.2, 0.25) is 0 Å². The van der Waals surface area contributed by atoms with Crippen LogP contribution < -0.4 is 0 Å². The van der Waals surface area contributed by atoms with Gasteiger partial charge in [0, 0.05) is 11.5 Å². The molecule has 3 heteroatoms. The SMILES string of the molecule is C#CCOCCSCCOCC#C. The zero-order chi connectivity index (χ0) is 9.78. The number of rotatable bonds is 8. The van der Waals surface area contributed by atoms with E-state index in [1.807, 2.05) is 0 Å². The Bertz CT molecular complexity index is 158. The molecule has 2 nitrogen and oxygen atoms in total. The Kier molecular flexibility index (Phi) is 10.9. The fraction of sp³-hybridized carbons (Fsp3) is 0.600. The van der Waals surface area contributed by atoms with Crippen LogP contribution in [0.1, 0.15) is 0 Å². The van der Waals surface area contributed by atoms with E-state index in [0.717, 1.165) is 11.5 Å². The van der Waals surface area contributed by atoms with Crippen LogP contribution in [-0.4, -0.2) is 37.9 Å². The molecule has 0 radical (unpaired) electrons. The van der Waals surface area contributed by atoms with Gasteiger partial charge < -0.3 is 9.47 Å². The Balaban J connectivity index is 2.85. The molecule has 0 spiro atoms. The van der Waals surface area contributed by atoms with Gasteiger partial charge in [0.25, 0.3) is 0 Å². The van der Waals surface area contributed by atoms with Gasteiger partial charge in [-0.3, -0.25) is 0 Å². The van der Waals surface area contributed by atoms with Crippen molar-refractivity contribution in [3.8, 4) is 24.7 Å². The van der Waals surface area contributed by atoms with E-state index >= 15 is 0 Å². The molecule has 0 bridgehead atoms. The van der Waals surface area contributed by atoms with Gasteiger partial charge in [-0.15, -0.1) is 12.8 Å². The molecule has 0 aliphatic carbocycles. The van der Waals surface area contributed by atoms with Crippen LogP contribution in [0.25, 0.3) is 0 Å². The zero-order valence-electron chi connectivity index (χ0n) is 7.62. The highest BCUT2D eigenvalue weighted by molar-refractivity contribution is 7.99. The smallest absolute Gasteiger partial charge is 0.107 e.